The molecule has 0 spiro atoms. The summed E-state index contributed by atoms with van der Waals surface area (Å²) in [5, 5.41) is 1.96. The lowest BCUT2D eigenvalue weighted by atomic mass is 10.1. The summed E-state index contributed by atoms with van der Waals surface area (Å²) < 4.78 is 33.5. The summed E-state index contributed by atoms with van der Waals surface area (Å²) in [5.74, 6) is 0.421. The van der Waals surface area contributed by atoms with Crippen molar-refractivity contribution in [3.63, 3.8) is 0 Å². The van der Waals surface area contributed by atoms with Crippen LogP contribution in [0.3, 0.4) is 0 Å². The van der Waals surface area contributed by atoms with Crippen LogP contribution in [0.5, 0.6) is 5.75 Å². The van der Waals surface area contributed by atoms with Crippen molar-refractivity contribution in [3.8, 4) is 5.75 Å². The molecular weight excluding hydrogens is 420 g/mol. The Kier molecular flexibility index (Phi) is 6.79. The first-order chi connectivity index (χ1) is 14.3. The quantitative estimate of drug-likeness (QED) is 0.542. The number of amides is 1. The number of anilines is 1. The van der Waals surface area contributed by atoms with Gasteiger partial charge in [0.1, 0.15) is 5.75 Å². The van der Waals surface area contributed by atoms with Crippen LogP contribution in [0.2, 0.25) is 0 Å². The average Bonchev–Trinajstić information content (AvgIpc) is 3.28. The number of carbonyl (C=O) groups is 1. The second kappa shape index (κ2) is 9.32. The van der Waals surface area contributed by atoms with Crippen LogP contribution in [0.4, 0.5) is 5.69 Å². The molecule has 6 nitrogen and oxygen atoms in total. The predicted octanol–water partition coefficient (Wildman–Crippen LogP) is 4.78. The van der Waals surface area contributed by atoms with Crippen molar-refractivity contribution in [2.45, 2.75) is 24.8 Å². The molecule has 1 N–H and O–H groups in total. The van der Waals surface area contributed by atoms with Crippen LogP contribution in [0.1, 0.15) is 35.1 Å². The molecule has 0 fully saturated rings. The fraction of sp³-hybridized carbons (Fsp3) is 0.227. The Bertz CT molecular complexity index is 1090. The summed E-state index contributed by atoms with van der Waals surface area (Å²) in [4.78, 5) is 15.6. The van der Waals surface area contributed by atoms with Crippen LogP contribution in [0.15, 0.2) is 70.9 Å². The van der Waals surface area contributed by atoms with Gasteiger partial charge in [-0.05, 0) is 67.8 Å². The molecule has 158 valence electrons. The van der Waals surface area contributed by atoms with Gasteiger partial charge in [0.15, 0.2) is 0 Å². The van der Waals surface area contributed by atoms with E-state index in [1.54, 1.807) is 59.7 Å². The molecule has 3 aromatic rings. The highest BCUT2D eigenvalue weighted by Gasteiger charge is 2.22. The molecule has 1 atom stereocenters. The number of hydrogen-bond donors (Lipinski definition) is 1. The van der Waals surface area contributed by atoms with Gasteiger partial charge in [0.2, 0.25) is 0 Å². The van der Waals surface area contributed by atoms with Crippen molar-refractivity contribution in [2.24, 2.45) is 0 Å². The van der Waals surface area contributed by atoms with Crippen LogP contribution in [-0.4, -0.2) is 32.9 Å². The fourth-order valence-corrected chi connectivity index (χ4v) is 4.83. The van der Waals surface area contributed by atoms with E-state index in [4.69, 9.17) is 4.74 Å². The molecule has 0 saturated heterocycles. The Morgan fingerprint density at radius 1 is 1.13 bits per heavy atom. The number of hydrogen-bond acceptors (Lipinski definition) is 5. The molecule has 1 aromatic heterocycles. The summed E-state index contributed by atoms with van der Waals surface area (Å²) in [6, 6.07) is 16.5. The van der Waals surface area contributed by atoms with Gasteiger partial charge in [-0.15, -0.1) is 11.3 Å². The molecule has 1 unspecified atom stereocenters. The van der Waals surface area contributed by atoms with Crippen LogP contribution in [0, 0.1) is 0 Å². The third kappa shape index (κ3) is 5.01. The average molecular weight is 445 g/mol. The standard InChI is InChI=1S/C22H24N2O4S2/c1-4-28-19-12-10-18(11-13-19)23-30(26,27)20-8-5-7-17(15-20)22(25)24(3)16(2)21-9-6-14-29-21/h5-16,23H,4H2,1-3H3. The number of benzene rings is 2. The normalized spacial score (nSPS) is 12.2. The summed E-state index contributed by atoms with van der Waals surface area (Å²) >= 11 is 1.58. The van der Waals surface area contributed by atoms with E-state index in [0.717, 1.165) is 4.88 Å². The second-order valence-electron chi connectivity index (χ2n) is 6.70. The van der Waals surface area contributed by atoms with E-state index in [-0.39, 0.29) is 16.8 Å². The van der Waals surface area contributed by atoms with Gasteiger partial charge in [-0.1, -0.05) is 12.1 Å². The molecule has 30 heavy (non-hydrogen) atoms. The van der Waals surface area contributed by atoms with E-state index in [0.29, 0.717) is 23.6 Å². The van der Waals surface area contributed by atoms with Crippen molar-refractivity contribution < 1.29 is 17.9 Å². The van der Waals surface area contributed by atoms with Crippen LogP contribution in [0.25, 0.3) is 0 Å². The van der Waals surface area contributed by atoms with Gasteiger partial charge in [-0.25, -0.2) is 8.42 Å². The number of ether oxygens (including phenoxy) is 1. The molecule has 0 aliphatic rings. The summed E-state index contributed by atoms with van der Waals surface area (Å²) in [7, 11) is -2.13. The Labute approximate surface area is 181 Å². The van der Waals surface area contributed by atoms with E-state index in [9.17, 15) is 13.2 Å². The highest BCUT2D eigenvalue weighted by atomic mass is 32.2. The van der Waals surface area contributed by atoms with Crippen LogP contribution < -0.4 is 9.46 Å². The van der Waals surface area contributed by atoms with E-state index >= 15 is 0 Å². The first-order valence-corrected chi connectivity index (χ1v) is 11.8. The third-order valence-corrected chi connectivity index (χ3v) is 7.09. The monoisotopic (exact) mass is 444 g/mol. The van der Waals surface area contributed by atoms with Crippen molar-refractivity contribution in [3.05, 3.63) is 76.5 Å². The zero-order valence-electron chi connectivity index (χ0n) is 17.0. The number of nitrogens with zero attached hydrogens (tertiary/aromatic N) is 1. The van der Waals surface area contributed by atoms with Crippen LogP contribution >= 0.6 is 11.3 Å². The smallest absolute Gasteiger partial charge is 0.261 e. The van der Waals surface area contributed by atoms with Crippen molar-refractivity contribution >= 4 is 33.0 Å². The predicted molar refractivity (Wildman–Crippen MR) is 120 cm³/mol. The minimum atomic E-state index is -3.84. The van der Waals surface area contributed by atoms with Gasteiger partial charge in [0, 0.05) is 23.2 Å². The minimum Gasteiger partial charge on any atom is -0.494 e. The molecule has 1 amide bonds. The Balaban J connectivity index is 1.78. The molecular formula is C22H24N2O4S2. The van der Waals surface area contributed by atoms with Gasteiger partial charge in [0.25, 0.3) is 15.9 Å². The number of carbonyl (C=O) groups excluding carboxylic acids is 1. The number of rotatable bonds is 8. The Morgan fingerprint density at radius 3 is 2.50 bits per heavy atom. The maximum atomic E-state index is 12.9. The molecule has 0 radical (unpaired) electrons. The Morgan fingerprint density at radius 2 is 1.87 bits per heavy atom. The lowest BCUT2D eigenvalue weighted by molar-refractivity contribution is 0.0744. The van der Waals surface area contributed by atoms with Gasteiger partial charge >= 0.3 is 0 Å². The SMILES string of the molecule is CCOc1ccc(NS(=O)(=O)c2cccc(C(=O)N(C)C(C)c3cccs3)c2)cc1. The van der Waals surface area contributed by atoms with E-state index in [1.165, 1.54) is 12.1 Å². The number of nitrogens with one attached hydrogen (secondary N) is 1. The van der Waals surface area contributed by atoms with Gasteiger partial charge in [-0.3, -0.25) is 9.52 Å². The third-order valence-electron chi connectivity index (χ3n) is 4.67. The van der Waals surface area contributed by atoms with Gasteiger partial charge < -0.3 is 9.64 Å². The lowest BCUT2D eigenvalue weighted by Gasteiger charge is -2.24. The molecule has 0 bridgehead atoms. The van der Waals surface area contributed by atoms with Crippen molar-refractivity contribution in [1.29, 1.82) is 0 Å². The Hall–Kier alpha value is -2.84. The molecule has 3 rings (SSSR count). The molecule has 0 saturated carbocycles. The van der Waals surface area contributed by atoms with Crippen LogP contribution in [-0.2, 0) is 10.0 Å². The lowest BCUT2D eigenvalue weighted by Crippen LogP contribution is -2.29. The molecule has 8 heteroatoms. The van der Waals surface area contributed by atoms with Crippen molar-refractivity contribution in [1.82, 2.24) is 4.90 Å². The number of sulfonamides is 1. The first-order valence-electron chi connectivity index (χ1n) is 9.48. The number of thiophene rings is 1. The maximum Gasteiger partial charge on any atom is 0.261 e. The highest BCUT2D eigenvalue weighted by molar-refractivity contribution is 7.92. The molecule has 2 aromatic carbocycles. The zero-order chi connectivity index (χ0) is 21.7. The molecule has 1 heterocycles. The summed E-state index contributed by atoms with van der Waals surface area (Å²) in [5.41, 5.74) is 0.731. The summed E-state index contributed by atoms with van der Waals surface area (Å²) in [6.45, 7) is 4.35. The van der Waals surface area contributed by atoms with E-state index in [1.807, 2.05) is 31.4 Å². The van der Waals surface area contributed by atoms with E-state index in [2.05, 4.69) is 4.72 Å². The minimum absolute atomic E-state index is 0.0272. The maximum absolute atomic E-state index is 12.9. The van der Waals surface area contributed by atoms with Gasteiger partial charge in [0.05, 0.1) is 17.5 Å². The van der Waals surface area contributed by atoms with Crippen molar-refractivity contribution in [2.75, 3.05) is 18.4 Å². The second-order valence-corrected chi connectivity index (χ2v) is 9.36. The zero-order valence-corrected chi connectivity index (χ0v) is 18.7. The van der Waals surface area contributed by atoms with Gasteiger partial charge in [-0.2, -0.15) is 0 Å². The molecule has 0 aliphatic heterocycles. The van der Waals surface area contributed by atoms with E-state index < -0.39 is 10.0 Å². The topological polar surface area (TPSA) is 75.7 Å². The summed E-state index contributed by atoms with van der Waals surface area (Å²) in [6.07, 6.45) is 0. The fourth-order valence-electron chi connectivity index (χ4n) is 2.90. The molecule has 0 aliphatic carbocycles. The largest absolute Gasteiger partial charge is 0.494 e. The first kappa shape index (κ1) is 21.9. The highest BCUT2D eigenvalue weighted by Crippen LogP contribution is 2.26.